The molecule has 0 radical (unpaired) electrons. The van der Waals surface area contributed by atoms with Gasteiger partial charge >= 0.3 is 17.6 Å². The lowest BCUT2D eigenvalue weighted by atomic mass is 10.0. The van der Waals surface area contributed by atoms with Crippen molar-refractivity contribution in [1.29, 1.82) is 0 Å². The second kappa shape index (κ2) is 12.2. The molecule has 3 heterocycles. The number of alkyl halides is 6. The first-order valence-electron chi connectivity index (χ1n) is 13.2. The number of phenolic OH excluding ortho intramolecular Hbond substituents is 1. The number of halogens is 8. The van der Waals surface area contributed by atoms with Crippen LogP contribution in [0.2, 0.25) is 10.0 Å². The van der Waals surface area contributed by atoms with Gasteiger partial charge in [0.15, 0.2) is 0 Å². The summed E-state index contributed by atoms with van der Waals surface area (Å²) in [7, 11) is 0. The number of aromatic hydroxyl groups is 1. The summed E-state index contributed by atoms with van der Waals surface area (Å²) in [4.78, 5) is 44.8. The van der Waals surface area contributed by atoms with Gasteiger partial charge in [-0.2, -0.15) is 22.0 Å². The first-order chi connectivity index (χ1) is 21.0. The van der Waals surface area contributed by atoms with Crippen molar-refractivity contribution < 1.29 is 36.6 Å². The average Bonchev–Trinajstić information content (AvgIpc) is 3.37. The number of nitrogens with zero attached hydrogens (tertiary/aromatic N) is 3. The SMILES string of the molecule is Cc1c(O)c(N2CCCN(CC(F)(F)F)C2=O)cc2c1CN(C(=O)c1c(Sc3c(Cl)cccc3Cl)cc(C(F)(F)Cl)[nH]c1=O)C2. The normalized spacial score (nSPS) is 15.6. The van der Waals surface area contributed by atoms with Crippen LogP contribution < -0.4 is 10.5 Å². The van der Waals surface area contributed by atoms with E-state index in [0.29, 0.717) is 16.0 Å². The Hall–Kier alpha value is -3.20. The molecular weight excluding hydrogens is 690 g/mol. The number of nitrogens with one attached hydrogen (secondary N) is 1. The highest BCUT2D eigenvalue weighted by Crippen LogP contribution is 2.43. The number of amides is 3. The van der Waals surface area contributed by atoms with E-state index < -0.39 is 46.9 Å². The highest BCUT2D eigenvalue weighted by Gasteiger charge is 2.39. The molecule has 0 saturated carbocycles. The summed E-state index contributed by atoms with van der Waals surface area (Å²) >= 11 is 18.4. The molecule has 0 bridgehead atoms. The van der Waals surface area contributed by atoms with Crippen LogP contribution in [-0.2, 0) is 18.5 Å². The van der Waals surface area contributed by atoms with Crippen molar-refractivity contribution in [3.05, 3.63) is 78.7 Å². The van der Waals surface area contributed by atoms with Gasteiger partial charge in [-0.05, 0) is 65.9 Å². The monoisotopic (exact) mass is 710 g/mol. The molecule has 0 spiro atoms. The maximum absolute atomic E-state index is 14.1. The smallest absolute Gasteiger partial charge is 0.406 e. The molecule has 1 saturated heterocycles. The fraction of sp³-hybridized carbons (Fsp3) is 0.321. The van der Waals surface area contributed by atoms with Crippen molar-refractivity contribution in [3.8, 4) is 5.75 Å². The number of pyridine rings is 1. The van der Waals surface area contributed by atoms with Crippen molar-refractivity contribution in [2.45, 2.75) is 47.8 Å². The van der Waals surface area contributed by atoms with Gasteiger partial charge in [0.05, 0.1) is 15.7 Å². The van der Waals surface area contributed by atoms with Gasteiger partial charge in [-0.1, -0.05) is 41.0 Å². The Kier molecular flexibility index (Phi) is 8.99. The van der Waals surface area contributed by atoms with E-state index in [4.69, 9.17) is 34.8 Å². The molecule has 17 heteroatoms. The molecular formula is C28H22Cl3F5N4O4S. The lowest BCUT2D eigenvalue weighted by Gasteiger charge is -2.36. The minimum atomic E-state index is -4.61. The number of carbonyl (C=O) groups is 2. The molecule has 1 fully saturated rings. The van der Waals surface area contributed by atoms with E-state index in [1.54, 1.807) is 6.07 Å². The first kappa shape index (κ1) is 33.2. The number of aromatic nitrogens is 1. The van der Waals surface area contributed by atoms with Crippen LogP contribution in [0.1, 0.15) is 39.2 Å². The van der Waals surface area contributed by atoms with Crippen LogP contribution in [0.5, 0.6) is 5.75 Å². The van der Waals surface area contributed by atoms with E-state index >= 15 is 0 Å². The third-order valence-corrected chi connectivity index (χ3v) is 9.61. The topological polar surface area (TPSA) is 96.9 Å². The number of phenols is 1. The maximum atomic E-state index is 14.1. The van der Waals surface area contributed by atoms with Gasteiger partial charge in [-0.15, -0.1) is 0 Å². The zero-order chi connectivity index (χ0) is 33.0. The standard InChI is InChI=1S/C28H22Cl3F5N4O4S/c1-13-15-11-39(10-14(15)8-18(22(13)41)40-7-3-6-38(26(40)44)12-27(32,33)34)25(43)21-19(9-20(28(31,35)36)37-24(21)42)45-23-16(29)4-2-5-17(23)30/h2,4-5,8-9,41H,3,6-7,10-12H2,1H3,(H,37,42). The van der Waals surface area contributed by atoms with E-state index in [1.165, 1.54) is 30.0 Å². The van der Waals surface area contributed by atoms with Gasteiger partial charge in [0.2, 0.25) is 0 Å². The maximum Gasteiger partial charge on any atom is 0.406 e. The second-order valence-electron chi connectivity index (χ2n) is 10.4. The lowest BCUT2D eigenvalue weighted by Crippen LogP contribution is -2.52. The average molecular weight is 712 g/mol. The highest BCUT2D eigenvalue weighted by atomic mass is 35.5. The van der Waals surface area contributed by atoms with Crippen LogP contribution in [0.4, 0.5) is 32.4 Å². The molecule has 8 nitrogen and oxygen atoms in total. The fourth-order valence-corrected chi connectivity index (χ4v) is 6.99. The highest BCUT2D eigenvalue weighted by molar-refractivity contribution is 7.99. The number of hydrogen-bond acceptors (Lipinski definition) is 5. The van der Waals surface area contributed by atoms with Crippen LogP contribution in [0.3, 0.4) is 0 Å². The summed E-state index contributed by atoms with van der Waals surface area (Å²) in [5.74, 6) is -1.20. The molecule has 3 amide bonds. The number of benzene rings is 2. The zero-order valence-corrected chi connectivity index (χ0v) is 26.2. The van der Waals surface area contributed by atoms with Crippen LogP contribution in [0, 0.1) is 6.92 Å². The molecule has 5 rings (SSSR count). The van der Waals surface area contributed by atoms with Gasteiger partial charge in [0, 0.05) is 36.0 Å². The Morgan fingerprint density at radius 2 is 1.73 bits per heavy atom. The number of rotatable bonds is 6. The number of carbonyl (C=O) groups excluding carboxylic acids is 2. The van der Waals surface area contributed by atoms with Crippen LogP contribution in [0.15, 0.2) is 44.9 Å². The summed E-state index contributed by atoms with van der Waals surface area (Å²) in [6.07, 6.45) is -4.39. The number of aromatic amines is 1. The summed E-state index contributed by atoms with van der Waals surface area (Å²) < 4.78 is 67.2. The lowest BCUT2D eigenvalue weighted by molar-refractivity contribution is -0.140. The summed E-state index contributed by atoms with van der Waals surface area (Å²) in [5, 5.41) is 7.30. The Labute approximate surface area is 271 Å². The molecule has 2 aliphatic heterocycles. The molecule has 0 aliphatic carbocycles. The number of H-pyrrole nitrogens is 1. The summed E-state index contributed by atoms with van der Waals surface area (Å²) in [6, 6.07) is 5.87. The van der Waals surface area contributed by atoms with Crippen molar-refractivity contribution >= 4 is 64.2 Å². The molecule has 0 atom stereocenters. The van der Waals surface area contributed by atoms with Crippen LogP contribution >= 0.6 is 46.6 Å². The van der Waals surface area contributed by atoms with E-state index in [9.17, 15) is 41.4 Å². The molecule has 45 heavy (non-hydrogen) atoms. The molecule has 0 unspecified atom stereocenters. The van der Waals surface area contributed by atoms with Gasteiger partial charge in [0.1, 0.15) is 23.6 Å². The molecule has 1 aromatic heterocycles. The Balaban J connectivity index is 1.50. The van der Waals surface area contributed by atoms with Crippen molar-refractivity contribution in [2.75, 3.05) is 24.5 Å². The molecule has 3 aromatic rings. The Bertz CT molecular complexity index is 1750. The molecule has 2 N–H and O–H groups in total. The van der Waals surface area contributed by atoms with E-state index in [2.05, 4.69) is 0 Å². The third-order valence-electron chi connectivity index (χ3n) is 7.37. The van der Waals surface area contributed by atoms with Gasteiger partial charge < -0.3 is 19.9 Å². The molecule has 240 valence electrons. The van der Waals surface area contributed by atoms with E-state index in [-0.39, 0.29) is 69.4 Å². The van der Waals surface area contributed by atoms with Crippen molar-refractivity contribution in [3.63, 3.8) is 0 Å². The summed E-state index contributed by atoms with van der Waals surface area (Å²) in [5.41, 5.74) is -1.39. The van der Waals surface area contributed by atoms with E-state index in [1.807, 2.05) is 4.98 Å². The van der Waals surface area contributed by atoms with Crippen molar-refractivity contribution in [1.82, 2.24) is 14.8 Å². The van der Waals surface area contributed by atoms with Crippen LogP contribution in [-0.4, -0.2) is 57.6 Å². The largest absolute Gasteiger partial charge is 0.505 e. The number of fused-ring (bicyclic) bond motifs is 1. The zero-order valence-electron chi connectivity index (χ0n) is 23.1. The Morgan fingerprint density at radius 3 is 2.36 bits per heavy atom. The van der Waals surface area contributed by atoms with Gasteiger partial charge in [-0.25, -0.2) is 4.79 Å². The second-order valence-corrected chi connectivity index (χ2v) is 12.7. The predicted molar refractivity (Wildman–Crippen MR) is 159 cm³/mol. The predicted octanol–water partition coefficient (Wildman–Crippen LogP) is 7.49. The number of anilines is 1. The minimum absolute atomic E-state index is 0.0198. The fourth-order valence-electron chi connectivity index (χ4n) is 5.25. The molecule has 2 aromatic carbocycles. The third kappa shape index (κ3) is 6.69. The minimum Gasteiger partial charge on any atom is -0.505 e. The van der Waals surface area contributed by atoms with Crippen molar-refractivity contribution in [2.24, 2.45) is 0 Å². The van der Waals surface area contributed by atoms with E-state index in [0.717, 1.165) is 22.7 Å². The Morgan fingerprint density at radius 1 is 1.07 bits per heavy atom. The van der Waals surface area contributed by atoms with Gasteiger partial charge in [-0.3, -0.25) is 14.5 Å². The molecule has 2 aliphatic rings. The number of hydrogen-bond donors (Lipinski definition) is 2. The van der Waals surface area contributed by atoms with Gasteiger partial charge in [0.25, 0.3) is 11.5 Å². The summed E-state index contributed by atoms with van der Waals surface area (Å²) in [6.45, 7) is -0.201. The number of urea groups is 1. The quantitative estimate of drug-likeness (QED) is 0.204. The van der Waals surface area contributed by atoms with Crippen LogP contribution in [0.25, 0.3) is 0 Å². The first-order valence-corrected chi connectivity index (χ1v) is 15.1.